The Kier molecular flexibility index (Phi) is 7.62. The molecule has 25 heavy (non-hydrogen) atoms. The summed E-state index contributed by atoms with van der Waals surface area (Å²) in [4.78, 5) is 23.7. The summed E-state index contributed by atoms with van der Waals surface area (Å²) in [5, 5.41) is 3.88. The first-order valence-electron chi connectivity index (χ1n) is 7.53. The van der Waals surface area contributed by atoms with E-state index in [0.717, 1.165) is 5.56 Å². The topological polar surface area (TPSA) is 55.4 Å². The van der Waals surface area contributed by atoms with Crippen molar-refractivity contribution < 1.29 is 14.3 Å². The zero-order chi connectivity index (χ0) is 18.2. The minimum Gasteiger partial charge on any atom is -0.457 e. The SMILES string of the molecule is C[C@H](OC(=O)CSCC(=O)Nc1ccc(Cl)cc1)c1ccccc1Cl. The Morgan fingerprint density at radius 2 is 1.76 bits per heavy atom. The third-order valence-corrected chi connectivity index (χ3v) is 4.73. The molecule has 1 atom stereocenters. The molecule has 2 aromatic rings. The summed E-state index contributed by atoms with van der Waals surface area (Å²) in [6, 6.07) is 14.0. The van der Waals surface area contributed by atoms with Crippen molar-refractivity contribution in [3.05, 3.63) is 64.1 Å². The maximum atomic E-state index is 11.9. The highest BCUT2D eigenvalue weighted by Crippen LogP contribution is 2.25. The maximum Gasteiger partial charge on any atom is 0.316 e. The fraction of sp³-hybridized carbons (Fsp3) is 0.222. The number of hydrogen-bond acceptors (Lipinski definition) is 4. The van der Waals surface area contributed by atoms with Crippen LogP contribution in [0, 0.1) is 0 Å². The highest BCUT2D eigenvalue weighted by atomic mass is 35.5. The molecule has 2 rings (SSSR count). The normalized spacial score (nSPS) is 11.6. The van der Waals surface area contributed by atoms with E-state index in [0.29, 0.717) is 15.7 Å². The van der Waals surface area contributed by atoms with Gasteiger partial charge in [-0.3, -0.25) is 9.59 Å². The van der Waals surface area contributed by atoms with Crippen LogP contribution in [-0.2, 0) is 14.3 Å². The van der Waals surface area contributed by atoms with E-state index in [9.17, 15) is 9.59 Å². The zero-order valence-electron chi connectivity index (χ0n) is 13.5. The minimum atomic E-state index is -0.440. The highest BCUT2D eigenvalue weighted by Gasteiger charge is 2.14. The predicted octanol–water partition coefficient (Wildman–Crippen LogP) is 4.97. The van der Waals surface area contributed by atoms with Gasteiger partial charge in [-0.25, -0.2) is 0 Å². The summed E-state index contributed by atoms with van der Waals surface area (Å²) in [5.74, 6) is -0.350. The Balaban J connectivity index is 1.72. The summed E-state index contributed by atoms with van der Waals surface area (Å²) < 4.78 is 5.34. The number of ether oxygens (including phenoxy) is 1. The summed E-state index contributed by atoms with van der Waals surface area (Å²) in [7, 11) is 0. The molecule has 0 aliphatic carbocycles. The van der Waals surface area contributed by atoms with Gasteiger partial charge < -0.3 is 10.1 Å². The Hall–Kier alpha value is -1.69. The van der Waals surface area contributed by atoms with Crippen LogP contribution in [0.15, 0.2) is 48.5 Å². The first kappa shape index (κ1) is 19.6. The number of thioether (sulfide) groups is 1. The van der Waals surface area contributed by atoms with E-state index in [1.54, 1.807) is 37.3 Å². The van der Waals surface area contributed by atoms with Gasteiger partial charge >= 0.3 is 5.97 Å². The lowest BCUT2D eigenvalue weighted by molar-refractivity contribution is -0.145. The van der Waals surface area contributed by atoms with Crippen molar-refractivity contribution in [2.75, 3.05) is 16.8 Å². The highest BCUT2D eigenvalue weighted by molar-refractivity contribution is 8.00. The first-order valence-corrected chi connectivity index (χ1v) is 9.44. The van der Waals surface area contributed by atoms with Gasteiger partial charge in [0.25, 0.3) is 0 Å². The summed E-state index contributed by atoms with van der Waals surface area (Å²) in [6.07, 6.45) is -0.440. The Labute approximate surface area is 160 Å². The molecule has 0 aliphatic heterocycles. The van der Waals surface area contributed by atoms with Crippen LogP contribution in [0.1, 0.15) is 18.6 Å². The fourth-order valence-electron chi connectivity index (χ4n) is 2.06. The predicted molar refractivity (Wildman–Crippen MR) is 103 cm³/mol. The minimum absolute atomic E-state index is 0.0861. The second kappa shape index (κ2) is 9.70. The summed E-state index contributed by atoms with van der Waals surface area (Å²) in [6.45, 7) is 1.76. The van der Waals surface area contributed by atoms with Crippen molar-refractivity contribution in [1.29, 1.82) is 0 Å². The largest absolute Gasteiger partial charge is 0.457 e. The van der Waals surface area contributed by atoms with Gasteiger partial charge in [-0.15, -0.1) is 11.8 Å². The first-order chi connectivity index (χ1) is 12.0. The molecule has 0 aliphatic rings. The molecule has 0 radical (unpaired) electrons. The number of halogens is 2. The van der Waals surface area contributed by atoms with Gasteiger partial charge in [0.2, 0.25) is 5.91 Å². The van der Waals surface area contributed by atoms with Gasteiger partial charge in [0.15, 0.2) is 0 Å². The summed E-state index contributed by atoms with van der Waals surface area (Å²) >= 11 is 13.1. The smallest absolute Gasteiger partial charge is 0.316 e. The Morgan fingerprint density at radius 3 is 2.44 bits per heavy atom. The van der Waals surface area contributed by atoms with E-state index in [2.05, 4.69) is 5.32 Å². The number of esters is 1. The lowest BCUT2D eigenvalue weighted by Gasteiger charge is -2.14. The van der Waals surface area contributed by atoms with Crippen molar-refractivity contribution in [3.8, 4) is 0 Å². The summed E-state index contributed by atoms with van der Waals surface area (Å²) in [5.41, 5.74) is 1.41. The van der Waals surface area contributed by atoms with Gasteiger partial charge in [-0.05, 0) is 37.3 Å². The number of nitrogens with one attached hydrogen (secondary N) is 1. The average molecular weight is 398 g/mol. The second-order valence-corrected chi connectivity index (χ2v) is 7.03. The standard InChI is InChI=1S/C18H17Cl2NO3S/c1-12(15-4-2-3-5-16(15)20)24-18(23)11-25-10-17(22)21-14-8-6-13(19)7-9-14/h2-9,12H,10-11H2,1H3,(H,21,22)/t12-/m0/s1. The number of rotatable bonds is 7. The van der Waals surface area contributed by atoms with E-state index in [1.807, 2.05) is 18.2 Å². The fourth-order valence-corrected chi connectivity index (χ4v) is 3.07. The van der Waals surface area contributed by atoms with E-state index in [1.165, 1.54) is 11.8 Å². The molecule has 132 valence electrons. The van der Waals surface area contributed by atoms with Crippen molar-refractivity contribution in [2.45, 2.75) is 13.0 Å². The van der Waals surface area contributed by atoms with Crippen molar-refractivity contribution in [3.63, 3.8) is 0 Å². The molecule has 4 nitrogen and oxygen atoms in total. The molecule has 0 aromatic heterocycles. The van der Waals surface area contributed by atoms with E-state index in [4.69, 9.17) is 27.9 Å². The van der Waals surface area contributed by atoms with Gasteiger partial charge in [0.05, 0.1) is 11.5 Å². The number of carbonyl (C=O) groups is 2. The van der Waals surface area contributed by atoms with Crippen LogP contribution < -0.4 is 5.32 Å². The van der Waals surface area contributed by atoms with Crippen molar-refractivity contribution >= 4 is 52.5 Å². The number of amides is 1. The number of carbonyl (C=O) groups excluding carboxylic acids is 2. The molecule has 1 amide bonds. The molecule has 0 spiro atoms. The molecule has 1 N–H and O–H groups in total. The van der Waals surface area contributed by atoms with Crippen molar-refractivity contribution in [1.82, 2.24) is 0 Å². The number of benzene rings is 2. The van der Waals surface area contributed by atoms with Gasteiger partial charge in [-0.1, -0.05) is 41.4 Å². The van der Waals surface area contributed by atoms with Gasteiger partial charge in [-0.2, -0.15) is 0 Å². The maximum absolute atomic E-state index is 11.9. The van der Waals surface area contributed by atoms with Crippen LogP contribution in [0.4, 0.5) is 5.69 Å². The number of anilines is 1. The monoisotopic (exact) mass is 397 g/mol. The van der Waals surface area contributed by atoms with Crippen LogP contribution in [-0.4, -0.2) is 23.4 Å². The van der Waals surface area contributed by atoms with E-state index >= 15 is 0 Å². The Bertz CT molecular complexity index is 737. The third kappa shape index (κ3) is 6.61. The molecular weight excluding hydrogens is 381 g/mol. The molecule has 0 fully saturated rings. The Morgan fingerprint density at radius 1 is 1.08 bits per heavy atom. The molecular formula is C18H17Cl2NO3S. The van der Waals surface area contributed by atoms with Crippen LogP contribution >= 0.6 is 35.0 Å². The molecule has 0 saturated carbocycles. The van der Waals surface area contributed by atoms with E-state index in [-0.39, 0.29) is 17.4 Å². The molecule has 0 bridgehead atoms. The third-order valence-electron chi connectivity index (χ3n) is 3.23. The molecule has 2 aromatic carbocycles. The second-order valence-electron chi connectivity index (χ2n) is 5.20. The van der Waals surface area contributed by atoms with E-state index < -0.39 is 12.1 Å². The zero-order valence-corrected chi connectivity index (χ0v) is 15.8. The average Bonchev–Trinajstić information content (AvgIpc) is 2.57. The molecule has 0 saturated heterocycles. The van der Waals surface area contributed by atoms with Gasteiger partial charge in [0.1, 0.15) is 6.10 Å². The van der Waals surface area contributed by atoms with Gasteiger partial charge in [0, 0.05) is 21.3 Å². The lowest BCUT2D eigenvalue weighted by Crippen LogP contribution is -2.17. The molecule has 0 heterocycles. The van der Waals surface area contributed by atoms with Crippen LogP contribution in [0.3, 0.4) is 0 Å². The van der Waals surface area contributed by atoms with Crippen LogP contribution in [0.5, 0.6) is 0 Å². The van der Waals surface area contributed by atoms with Crippen LogP contribution in [0.2, 0.25) is 10.0 Å². The van der Waals surface area contributed by atoms with Crippen LogP contribution in [0.25, 0.3) is 0 Å². The van der Waals surface area contributed by atoms with Crippen molar-refractivity contribution in [2.24, 2.45) is 0 Å². The lowest BCUT2D eigenvalue weighted by atomic mass is 10.1. The number of hydrogen-bond donors (Lipinski definition) is 1. The quantitative estimate of drug-likeness (QED) is 0.669. The molecule has 7 heteroatoms. The molecule has 0 unspecified atom stereocenters.